The standard InChI is InChI=1S/C22H25N3O6S/c1-29-19-9-7-17(13-21(19)32(27,28)25-10-4-3-5-11-25)24-22(26)15-31-18-8-6-16(14-23)12-20(18)30-2/h6-9,12-13H,3-5,10-11,15H2,1-2H3,(H,24,26). The second-order valence-electron chi connectivity index (χ2n) is 7.14. The molecule has 10 heteroatoms. The highest BCUT2D eigenvalue weighted by atomic mass is 32.2. The van der Waals surface area contributed by atoms with Gasteiger partial charge in [-0.05, 0) is 43.2 Å². The van der Waals surface area contributed by atoms with Crippen LogP contribution in [0.15, 0.2) is 41.3 Å². The van der Waals surface area contributed by atoms with E-state index in [0.29, 0.717) is 35.8 Å². The van der Waals surface area contributed by atoms with Crippen molar-refractivity contribution in [2.75, 3.05) is 39.2 Å². The molecule has 0 unspecified atom stereocenters. The average molecular weight is 460 g/mol. The van der Waals surface area contributed by atoms with E-state index in [4.69, 9.17) is 19.5 Å². The molecule has 1 amide bonds. The fraction of sp³-hybridized carbons (Fsp3) is 0.364. The third kappa shape index (κ3) is 5.30. The van der Waals surface area contributed by atoms with Crippen molar-refractivity contribution in [1.29, 1.82) is 5.26 Å². The number of anilines is 1. The molecule has 0 saturated carbocycles. The first-order chi connectivity index (χ1) is 15.4. The van der Waals surface area contributed by atoms with E-state index in [-0.39, 0.29) is 17.3 Å². The minimum atomic E-state index is -3.75. The predicted octanol–water partition coefficient (Wildman–Crippen LogP) is 2.77. The number of nitrogens with one attached hydrogen (secondary N) is 1. The molecular weight excluding hydrogens is 434 g/mol. The molecule has 1 aliphatic rings. The zero-order valence-corrected chi connectivity index (χ0v) is 18.8. The Morgan fingerprint density at radius 1 is 1.03 bits per heavy atom. The van der Waals surface area contributed by atoms with Crippen molar-refractivity contribution in [2.45, 2.75) is 24.2 Å². The fourth-order valence-corrected chi connectivity index (χ4v) is 5.10. The lowest BCUT2D eigenvalue weighted by molar-refractivity contribution is -0.118. The molecule has 1 fully saturated rings. The van der Waals surface area contributed by atoms with Crippen molar-refractivity contribution >= 4 is 21.6 Å². The van der Waals surface area contributed by atoms with E-state index >= 15 is 0 Å². The van der Waals surface area contributed by atoms with E-state index in [0.717, 1.165) is 19.3 Å². The summed E-state index contributed by atoms with van der Waals surface area (Å²) in [6, 6.07) is 11.1. The van der Waals surface area contributed by atoms with Gasteiger partial charge < -0.3 is 19.5 Å². The van der Waals surface area contributed by atoms with Gasteiger partial charge in [-0.1, -0.05) is 6.42 Å². The molecule has 0 aliphatic carbocycles. The minimum Gasteiger partial charge on any atom is -0.495 e. The van der Waals surface area contributed by atoms with Crippen LogP contribution >= 0.6 is 0 Å². The van der Waals surface area contributed by atoms with Gasteiger partial charge in [0.05, 0.1) is 25.9 Å². The molecular formula is C22H25N3O6S. The highest BCUT2D eigenvalue weighted by Crippen LogP contribution is 2.31. The van der Waals surface area contributed by atoms with Crippen LogP contribution in [0, 0.1) is 11.3 Å². The summed E-state index contributed by atoms with van der Waals surface area (Å²) < 4.78 is 43.6. The molecule has 0 bridgehead atoms. The number of rotatable bonds is 8. The molecule has 0 radical (unpaired) electrons. The van der Waals surface area contributed by atoms with Crippen molar-refractivity contribution in [3.05, 3.63) is 42.0 Å². The smallest absolute Gasteiger partial charge is 0.262 e. The lowest BCUT2D eigenvalue weighted by atomic mass is 10.2. The number of methoxy groups -OCH3 is 2. The van der Waals surface area contributed by atoms with Gasteiger partial charge in [-0.2, -0.15) is 9.57 Å². The van der Waals surface area contributed by atoms with Crippen LogP contribution in [-0.2, 0) is 14.8 Å². The second kappa shape index (κ2) is 10.3. The maximum atomic E-state index is 13.1. The van der Waals surface area contributed by atoms with Gasteiger partial charge in [0.25, 0.3) is 5.91 Å². The first-order valence-electron chi connectivity index (χ1n) is 10.1. The summed E-state index contributed by atoms with van der Waals surface area (Å²) in [6.07, 6.45) is 2.63. The molecule has 2 aromatic rings. The highest BCUT2D eigenvalue weighted by Gasteiger charge is 2.29. The zero-order valence-electron chi connectivity index (χ0n) is 18.0. The molecule has 3 rings (SSSR count). The Hall–Kier alpha value is -3.29. The second-order valence-corrected chi connectivity index (χ2v) is 9.05. The Labute approximate surface area is 187 Å². The number of carbonyl (C=O) groups excluding carboxylic acids is 1. The van der Waals surface area contributed by atoms with Gasteiger partial charge in [-0.3, -0.25) is 4.79 Å². The van der Waals surface area contributed by atoms with Crippen LogP contribution in [0.3, 0.4) is 0 Å². The number of nitriles is 1. The third-order valence-electron chi connectivity index (χ3n) is 5.03. The molecule has 0 atom stereocenters. The van der Waals surface area contributed by atoms with Crippen molar-refractivity contribution in [3.8, 4) is 23.3 Å². The van der Waals surface area contributed by atoms with Crippen LogP contribution in [0.25, 0.3) is 0 Å². The number of hydrogen-bond acceptors (Lipinski definition) is 7. The van der Waals surface area contributed by atoms with Crippen LogP contribution in [0.4, 0.5) is 5.69 Å². The van der Waals surface area contributed by atoms with Gasteiger partial charge in [0.15, 0.2) is 18.1 Å². The van der Waals surface area contributed by atoms with Crippen molar-refractivity contribution in [3.63, 3.8) is 0 Å². The van der Waals surface area contributed by atoms with Gasteiger partial charge >= 0.3 is 0 Å². The molecule has 32 heavy (non-hydrogen) atoms. The highest BCUT2D eigenvalue weighted by molar-refractivity contribution is 7.89. The number of carbonyl (C=O) groups is 1. The number of nitrogens with zero attached hydrogens (tertiary/aromatic N) is 2. The van der Waals surface area contributed by atoms with Crippen LogP contribution in [0.5, 0.6) is 17.2 Å². The van der Waals surface area contributed by atoms with E-state index in [9.17, 15) is 13.2 Å². The van der Waals surface area contributed by atoms with E-state index in [1.165, 1.54) is 36.7 Å². The minimum absolute atomic E-state index is 0.00869. The summed E-state index contributed by atoms with van der Waals surface area (Å²) in [6.45, 7) is 0.590. The Balaban J connectivity index is 1.73. The number of sulfonamides is 1. The number of benzene rings is 2. The van der Waals surface area contributed by atoms with Gasteiger partial charge in [0.2, 0.25) is 10.0 Å². The summed E-state index contributed by atoms with van der Waals surface area (Å²) in [7, 11) is -0.911. The van der Waals surface area contributed by atoms with E-state index < -0.39 is 15.9 Å². The zero-order chi connectivity index (χ0) is 23.1. The summed E-state index contributed by atoms with van der Waals surface area (Å²) in [5.41, 5.74) is 0.709. The molecule has 2 aromatic carbocycles. The summed E-state index contributed by atoms with van der Waals surface area (Å²) in [5.74, 6) is 0.371. The summed E-state index contributed by atoms with van der Waals surface area (Å²) >= 11 is 0. The lowest BCUT2D eigenvalue weighted by Crippen LogP contribution is -2.35. The molecule has 1 N–H and O–H groups in total. The maximum Gasteiger partial charge on any atom is 0.262 e. The normalized spacial score (nSPS) is 14.3. The Bertz CT molecular complexity index is 1120. The molecule has 1 saturated heterocycles. The first kappa shape index (κ1) is 23.4. The number of ether oxygens (including phenoxy) is 3. The Morgan fingerprint density at radius 2 is 1.72 bits per heavy atom. The average Bonchev–Trinajstić information content (AvgIpc) is 2.83. The largest absolute Gasteiger partial charge is 0.495 e. The summed E-state index contributed by atoms with van der Waals surface area (Å²) in [5, 5.41) is 11.6. The van der Waals surface area contributed by atoms with Crippen LogP contribution < -0.4 is 19.5 Å². The summed E-state index contributed by atoms with van der Waals surface area (Å²) in [4.78, 5) is 12.4. The van der Waals surface area contributed by atoms with E-state index in [2.05, 4.69) is 5.32 Å². The molecule has 1 heterocycles. The third-order valence-corrected chi connectivity index (χ3v) is 6.95. The Kier molecular flexibility index (Phi) is 7.56. The predicted molar refractivity (Wildman–Crippen MR) is 117 cm³/mol. The van der Waals surface area contributed by atoms with Gasteiger partial charge in [0, 0.05) is 24.8 Å². The molecule has 170 valence electrons. The number of piperidine rings is 1. The topological polar surface area (TPSA) is 118 Å². The monoisotopic (exact) mass is 459 g/mol. The fourth-order valence-electron chi connectivity index (χ4n) is 3.40. The maximum absolute atomic E-state index is 13.1. The van der Waals surface area contributed by atoms with Gasteiger partial charge in [0.1, 0.15) is 10.6 Å². The molecule has 1 aliphatic heterocycles. The quantitative estimate of drug-likeness (QED) is 0.645. The first-order valence-corrected chi connectivity index (χ1v) is 11.5. The van der Waals surface area contributed by atoms with E-state index in [1.54, 1.807) is 18.2 Å². The van der Waals surface area contributed by atoms with Crippen molar-refractivity contribution < 1.29 is 27.4 Å². The number of hydrogen-bond donors (Lipinski definition) is 1. The van der Waals surface area contributed by atoms with Crippen molar-refractivity contribution in [1.82, 2.24) is 4.31 Å². The van der Waals surface area contributed by atoms with Crippen LogP contribution in [0.1, 0.15) is 24.8 Å². The number of amides is 1. The molecule has 9 nitrogen and oxygen atoms in total. The lowest BCUT2D eigenvalue weighted by Gasteiger charge is -2.26. The van der Waals surface area contributed by atoms with Gasteiger partial charge in [-0.15, -0.1) is 0 Å². The van der Waals surface area contributed by atoms with E-state index in [1.807, 2.05) is 6.07 Å². The van der Waals surface area contributed by atoms with Gasteiger partial charge in [-0.25, -0.2) is 8.42 Å². The molecule has 0 aromatic heterocycles. The van der Waals surface area contributed by atoms with Crippen LogP contribution in [0.2, 0.25) is 0 Å². The molecule has 0 spiro atoms. The van der Waals surface area contributed by atoms with Crippen LogP contribution in [-0.4, -0.2) is 52.5 Å². The van der Waals surface area contributed by atoms with Crippen molar-refractivity contribution in [2.24, 2.45) is 0 Å². The SMILES string of the molecule is COc1cc(C#N)ccc1OCC(=O)Nc1ccc(OC)c(S(=O)(=O)N2CCCCC2)c1. The Morgan fingerprint density at radius 3 is 2.38 bits per heavy atom.